The molecule has 0 fully saturated rings. The molecule has 1 N–H and O–H groups in total. The first-order chi connectivity index (χ1) is 23.1. The molecule has 48 heavy (non-hydrogen) atoms. The van der Waals surface area contributed by atoms with E-state index < -0.39 is 5.92 Å². The van der Waals surface area contributed by atoms with Gasteiger partial charge in [-0.15, -0.1) is 0 Å². The molecule has 4 unspecified atom stereocenters. The van der Waals surface area contributed by atoms with Gasteiger partial charge in [-0.1, -0.05) is 20.8 Å². The lowest BCUT2D eigenvalue weighted by Crippen LogP contribution is -2.43. The Morgan fingerprint density at radius 1 is 0.896 bits per heavy atom. The van der Waals surface area contributed by atoms with Crippen LogP contribution in [0.5, 0.6) is 40.2 Å². The van der Waals surface area contributed by atoms with Crippen molar-refractivity contribution in [3.8, 4) is 40.2 Å². The van der Waals surface area contributed by atoms with Crippen molar-refractivity contribution in [1.29, 1.82) is 0 Å². The summed E-state index contributed by atoms with van der Waals surface area (Å²) >= 11 is 0. The average molecular weight is 657 g/mol. The highest BCUT2D eigenvalue weighted by atomic mass is 16.5. The van der Waals surface area contributed by atoms with E-state index in [0.717, 1.165) is 29.7 Å². The number of methoxy groups -OCH3 is 2. The van der Waals surface area contributed by atoms with E-state index in [4.69, 9.17) is 32.8 Å². The van der Waals surface area contributed by atoms with Gasteiger partial charge >= 0.3 is 0 Å². The molecule has 4 aliphatic heterocycles. The minimum absolute atomic E-state index is 0.00958. The normalized spacial score (nSPS) is 21.8. The lowest BCUT2D eigenvalue weighted by Gasteiger charge is -2.37. The van der Waals surface area contributed by atoms with E-state index in [9.17, 15) is 14.7 Å². The second-order valence-corrected chi connectivity index (χ2v) is 13.3. The number of Topliss-reactive ketones (excluding diaryl/α,β-unsaturated/α-hetero) is 1. The highest BCUT2D eigenvalue weighted by Crippen LogP contribution is 2.50. The smallest absolute Gasteiger partial charge is 0.196 e. The maximum Gasteiger partial charge on any atom is 0.196 e. The minimum atomic E-state index is -0.438. The van der Waals surface area contributed by atoms with Gasteiger partial charge in [-0.05, 0) is 49.8 Å². The number of aromatic hydroxyl groups is 1. The number of ether oxygens (including phenoxy) is 6. The molecular weight excluding hydrogens is 616 g/mol. The van der Waals surface area contributed by atoms with Crippen LogP contribution in [0.4, 0.5) is 0 Å². The number of carbonyl (C=O) groups is 1. The molecule has 3 aromatic carbocycles. The van der Waals surface area contributed by atoms with Gasteiger partial charge < -0.3 is 37.9 Å². The van der Waals surface area contributed by atoms with Crippen LogP contribution in [0.15, 0.2) is 45.6 Å². The second-order valence-electron chi connectivity index (χ2n) is 13.3. The summed E-state index contributed by atoms with van der Waals surface area (Å²) in [5, 5.41) is 10.6. The number of hydrogen-bond acceptors (Lipinski definition) is 10. The van der Waals surface area contributed by atoms with Crippen LogP contribution >= 0.6 is 0 Å². The number of rotatable bonds is 3. The molecule has 0 saturated heterocycles. The van der Waals surface area contributed by atoms with Gasteiger partial charge in [-0.25, -0.2) is 0 Å². The van der Waals surface area contributed by atoms with E-state index in [2.05, 4.69) is 20.8 Å². The number of aryl methyl sites for hydroxylation is 1. The lowest BCUT2D eigenvalue weighted by atomic mass is 9.81. The Morgan fingerprint density at radius 3 is 2.40 bits per heavy atom. The Morgan fingerprint density at radius 2 is 1.65 bits per heavy atom. The summed E-state index contributed by atoms with van der Waals surface area (Å²) in [6.07, 6.45) is 2.12. The van der Waals surface area contributed by atoms with Crippen molar-refractivity contribution in [3.63, 3.8) is 0 Å². The Hall–Kier alpha value is -4.86. The van der Waals surface area contributed by atoms with Crippen molar-refractivity contribution in [2.45, 2.75) is 65.1 Å². The molecular formula is C38H40O10. The van der Waals surface area contributed by atoms with Gasteiger partial charge in [0.15, 0.2) is 22.7 Å². The molecule has 0 radical (unpaired) electrons. The molecule has 1 aromatic heterocycles. The van der Waals surface area contributed by atoms with Gasteiger partial charge in [0.1, 0.15) is 64.3 Å². The van der Waals surface area contributed by atoms with Crippen LogP contribution in [0, 0.1) is 18.8 Å². The van der Waals surface area contributed by atoms with Crippen molar-refractivity contribution in [2.75, 3.05) is 27.4 Å². The summed E-state index contributed by atoms with van der Waals surface area (Å²) < 4.78 is 40.4. The molecule has 0 saturated carbocycles. The number of ketones is 1. The summed E-state index contributed by atoms with van der Waals surface area (Å²) in [6.45, 7) is 9.02. The Labute approximate surface area is 278 Å². The van der Waals surface area contributed by atoms with Crippen molar-refractivity contribution in [2.24, 2.45) is 11.8 Å². The predicted octanol–water partition coefficient (Wildman–Crippen LogP) is 6.55. The number of hydrogen-bond donors (Lipinski definition) is 1. The third-order valence-electron chi connectivity index (χ3n) is 9.68. The highest BCUT2D eigenvalue weighted by molar-refractivity contribution is 6.06. The first-order valence-electron chi connectivity index (χ1n) is 16.4. The topological polar surface area (TPSA) is 123 Å². The molecule has 0 amide bonds. The maximum absolute atomic E-state index is 13.5. The van der Waals surface area contributed by atoms with Crippen LogP contribution in [0.1, 0.15) is 65.9 Å². The fourth-order valence-corrected chi connectivity index (χ4v) is 6.98. The molecule has 8 rings (SSSR count). The standard InChI is InChI=1S/C23H24O6.C15H16O4/c1-11(2)16-8-14-15(28-16)6-5-12-22(24)21-13-7-18(25-3)19(26-4)9-17(13)27-10-20(21)29-23(12)14;1-8-3-4-10-12(18-7-8)6-13-14(15(10)17)11(16)5-9(2)19-13/h5-7,9,11,16,20-21H,8,10H2,1-4H3;5-6,8,17H,3-4,7H2,1-2H3. The molecule has 4 atom stereocenters. The summed E-state index contributed by atoms with van der Waals surface area (Å²) in [5.41, 5.74) is 3.26. The van der Waals surface area contributed by atoms with Crippen LogP contribution < -0.4 is 33.8 Å². The number of carbonyl (C=O) groups excluding carboxylic acids is 1. The van der Waals surface area contributed by atoms with Crippen molar-refractivity contribution in [3.05, 3.63) is 74.6 Å². The zero-order chi connectivity index (χ0) is 33.9. The molecule has 10 heteroatoms. The third-order valence-corrected chi connectivity index (χ3v) is 9.68. The second kappa shape index (κ2) is 12.3. The van der Waals surface area contributed by atoms with Crippen LogP contribution in [0.3, 0.4) is 0 Å². The van der Waals surface area contributed by atoms with E-state index in [0.29, 0.717) is 82.7 Å². The summed E-state index contributed by atoms with van der Waals surface area (Å²) in [4.78, 5) is 25.5. The lowest BCUT2D eigenvalue weighted by molar-refractivity contribution is 0.0554. The fourth-order valence-electron chi connectivity index (χ4n) is 6.98. The molecule has 4 aromatic rings. The zero-order valence-electron chi connectivity index (χ0n) is 28.0. The van der Waals surface area contributed by atoms with E-state index in [1.54, 1.807) is 33.3 Å². The SMILES string of the molecule is COc1cc2c(cc1OC)C1C(=O)c3ccc4c(c3OC1CO2)CC(C(C)C)O4.Cc1cc(=O)c2c(O)c3c(cc2o1)OCC(C)CC3. The number of fused-ring (bicyclic) bond motifs is 8. The Balaban J connectivity index is 0.000000166. The largest absolute Gasteiger partial charge is 0.507 e. The van der Waals surface area contributed by atoms with Gasteiger partial charge in [0.05, 0.1) is 32.3 Å². The average Bonchev–Trinajstić information content (AvgIpc) is 3.43. The van der Waals surface area contributed by atoms with Crippen LogP contribution in [-0.4, -0.2) is 50.5 Å². The maximum atomic E-state index is 13.5. The van der Waals surface area contributed by atoms with Crippen molar-refractivity contribution < 1.29 is 42.7 Å². The van der Waals surface area contributed by atoms with Crippen LogP contribution in [-0.2, 0) is 12.8 Å². The highest BCUT2D eigenvalue weighted by Gasteiger charge is 2.45. The van der Waals surface area contributed by atoms with Crippen LogP contribution in [0.2, 0.25) is 0 Å². The molecule has 252 valence electrons. The van der Waals surface area contributed by atoms with Gasteiger partial charge in [-0.3, -0.25) is 9.59 Å². The summed E-state index contributed by atoms with van der Waals surface area (Å²) in [7, 11) is 3.16. The quantitative estimate of drug-likeness (QED) is 0.260. The van der Waals surface area contributed by atoms with Gasteiger partial charge in [-0.2, -0.15) is 0 Å². The minimum Gasteiger partial charge on any atom is -0.507 e. The van der Waals surface area contributed by atoms with E-state index >= 15 is 0 Å². The molecule has 10 nitrogen and oxygen atoms in total. The predicted molar refractivity (Wildman–Crippen MR) is 178 cm³/mol. The molecule has 0 spiro atoms. The number of phenols is 1. The summed E-state index contributed by atoms with van der Waals surface area (Å²) in [5.74, 6) is 4.83. The van der Waals surface area contributed by atoms with E-state index in [-0.39, 0.29) is 34.6 Å². The molecule has 0 bridgehead atoms. The van der Waals surface area contributed by atoms with Crippen LogP contribution in [0.25, 0.3) is 11.0 Å². The van der Waals surface area contributed by atoms with Gasteiger partial charge in [0.25, 0.3) is 0 Å². The van der Waals surface area contributed by atoms with Gasteiger partial charge in [0, 0.05) is 41.3 Å². The first-order valence-corrected chi connectivity index (χ1v) is 16.4. The van der Waals surface area contributed by atoms with E-state index in [1.807, 2.05) is 18.2 Å². The number of benzene rings is 3. The third kappa shape index (κ3) is 5.37. The Bertz CT molecular complexity index is 1980. The molecule has 4 aliphatic rings. The first kappa shape index (κ1) is 31.7. The Kier molecular flexibility index (Phi) is 8.13. The van der Waals surface area contributed by atoms with Crippen molar-refractivity contribution in [1.82, 2.24) is 0 Å². The molecule has 5 heterocycles. The zero-order valence-corrected chi connectivity index (χ0v) is 28.0. The fraction of sp³-hybridized carbons (Fsp3) is 0.421. The number of phenolic OH excluding ortho intramolecular Hbond substituents is 1. The van der Waals surface area contributed by atoms with E-state index in [1.165, 1.54) is 6.07 Å². The summed E-state index contributed by atoms with van der Waals surface area (Å²) in [6, 6.07) is 10.4. The van der Waals surface area contributed by atoms with Gasteiger partial charge in [0.2, 0.25) is 0 Å². The molecule has 0 aliphatic carbocycles. The van der Waals surface area contributed by atoms with Crippen molar-refractivity contribution >= 4 is 16.8 Å². The monoisotopic (exact) mass is 656 g/mol.